The molecule has 4 nitrogen and oxygen atoms in total. The number of carbonyl (C=O) groups is 2. The molecule has 1 aliphatic heterocycles. The van der Waals surface area contributed by atoms with Gasteiger partial charge < -0.3 is 5.73 Å². The summed E-state index contributed by atoms with van der Waals surface area (Å²) in [6.45, 7) is 2.25. The number of nitrogens with zero attached hydrogens (tertiary/aromatic N) is 1. The zero-order valence-electron chi connectivity index (χ0n) is 9.14. The molecule has 0 saturated heterocycles. The third-order valence-corrected chi connectivity index (χ3v) is 2.69. The van der Waals surface area contributed by atoms with Gasteiger partial charge in [0.05, 0.1) is 11.1 Å². The van der Waals surface area contributed by atoms with Gasteiger partial charge in [0.2, 0.25) is 0 Å². The molecule has 1 heterocycles. The SMILES string of the molecule is C[C@@H](N)CCN1C(=O)c2ccccc2C1=O. The highest BCUT2D eigenvalue weighted by Crippen LogP contribution is 2.22. The molecule has 2 rings (SSSR count). The standard InChI is InChI=1S/C12H14N2O2/c1-8(13)6-7-14-11(15)9-4-2-3-5-10(9)12(14)16/h2-5,8H,6-7,13H2,1H3/t8-/m1/s1. The molecule has 0 unspecified atom stereocenters. The van der Waals surface area contributed by atoms with E-state index in [4.69, 9.17) is 5.73 Å². The Labute approximate surface area is 94.0 Å². The summed E-state index contributed by atoms with van der Waals surface area (Å²) >= 11 is 0. The molecule has 0 bridgehead atoms. The average molecular weight is 218 g/mol. The summed E-state index contributed by atoms with van der Waals surface area (Å²) in [4.78, 5) is 25.0. The topological polar surface area (TPSA) is 63.4 Å². The van der Waals surface area contributed by atoms with Crippen LogP contribution in [0.2, 0.25) is 0 Å². The molecule has 0 aromatic heterocycles. The summed E-state index contributed by atoms with van der Waals surface area (Å²) in [5, 5.41) is 0. The Morgan fingerprint density at radius 2 is 1.69 bits per heavy atom. The molecule has 0 aliphatic carbocycles. The van der Waals surface area contributed by atoms with E-state index in [0.29, 0.717) is 24.1 Å². The van der Waals surface area contributed by atoms with E-state index in [1.54, 1.807) is 24.3 Å². The van der Waals surface area contributed by atoms with Crippen LogP contribution in [0.4, 0.5) is 0 Å². The predicted octanol–water partition coefficient (Wildman–Crippen LogP) is 1.02. The zero-order chi connectivity index (χ0) is 11.7. The zero-order valence-corrected chi connectivity index (χ0v) is 9.14. The van der Waals surface area contributed by atoms with Gasteiger partial charge >= 0.3 is 0 Å². The fraction of sp³-hybridized carbons (Fsp3) is 0.333. The maximum atomic E-state index is 11.9. The van der Waals surface area contributed by atoms with Gasteiger partial charge in [-0.2, -0.15) is 0 Å². The maximum Gasteiger partial charge on any atom is 0.261 e. The van der Waals surface area contributed by atoms with Crippen LogP contribution in [0, 0.1) is 0 Å². The summed E-state index contributed by atoms with van der Waals surface area (Å²) in [6, 6.07) is 6.88. The lowest BCUT2D eigenvalue weighted by Gasteiger charge is -2.14. The predicted molar refractivity (Wildman–Crippen MR) is 60.1 cm³/mol. The highest BCUT2D eigenvalue weighted by atomic mass is 16.2. The third kappa shape index (κ3) is 1.72. The van der Waals surface area contributed by atoms with E-state index in [0.717, 1.165) is 0 Å². The third-order valence-electron chi connectivity index (χ3n) is 2.69. The summed E-state index contributed by atoms with van der Waals surface area (Å²) in [5.41, 5.74) is 6.61. The van der Waals surface area contributed by atoms with Crippen molar-refractivity contribution in [3.63, 3.8) is 0 Å². The lowest BCUT2D eigenvalue weighted by Crippen LogP contribution is -2.33. The number of rotatable bonds is 3. The summed E-state index contributed by atoms with van der Waals surface area (Å²) < 4.78 is 0. The molecule has 1 aromatic carbocycles. The molecule has 16 heavy (non-hydrogen) atoms. The van der Waals surface area contributed by atoms with Gasteiger partial charge in [0.25, 0.3) is 11.8 Å². The molecule has 2 N–H and O–H groups in total. The van der Waals surface area contributed by atoms with E-state index in [9.17, 15) is 9.59 Å². The number of hydrogen-bond acceptors (Lipinski definition) is 3. The Morgan fingerprint density at radius 1 is 1.19 bits per heavy atom. The number of benzene rings is 1. The monoisotopic (exact) mass is 218 g/mol. The van der Waals surface area contributed by atoms with Crippen LogP contribution >= 0.6 is 0 Å². The van der Waals surface area contributed by atoms with Gasteiger partial charge in [-0.1, -0.05) is 12.1 Å². The van der Waals surface area contributed by atoms with Crippen LogP contribution in [-0.2, 0) is 0 Å². The van der Waals surface area contributed by atoms with Crippen molar-refractivity contribution in [3.05, 3.63) is 35.4 Å². The molecule has 1 aromatic rings. The number of nitrogens with two attached hydrogens (primary N) is 1. The first kappa shape index (κ1) is 10.8. The van der Waals surface area contributed by atoms with Gasteiger partial charge in [-0.3, -0.25) is 14.5 Å². The molecule has 0 radical (unpaired) electrons. The van der Waals surface area contributed by atoms with Gasteiger partial charge in [-0.15, -0.1) is 0 Å². The van der Waals surface area contributed by atoms with E-state index in [-0.39, 0.29) is 17.9 Å². The molecular formula is C12H14N2O2. The Bertz CT molecular complexity index is 405. The van der Waals surface area contributed by atoms with Gasteiger partial charge in [0.15, 0.2) is 0 Å². The quantitative estimate of drug-likeness (QED) is 0.770. The second-order valence-electron chi connectivity index (χ2n) is 4.07. The second kappa shape index (κ2) is 4.06. The smallest absolute Gasteiger partial charge is 0.261 e. The molecule has 2 amide bonds. The first-order chi connectivity index (χ1) is 7.61. The fourth-order valence-corrected chi connectivity index (χ4v) is 1.77. The Hall–Kier alpha value is -1.68. The van der Waals surface area contributed by atoms with E-state index in [2.05, 4.69) is 0 Å². The van der Waals surface area contributed by atoms with Crippen LogP contribution in [0.15, 0.2) is 24.3 Å². The molecule has 1 atom stereocenters. The highest BCUT2D eigenvalue weighted by molar-refractivity contribution is 6.21. The van der Waals surface area contributed by atoms with E-state index in [1.807, 2.05) is 6.92 Å². The van der Waals surface area contributed by atoms with E-state index in [1.165, 1.54) is 4.90 Å². The summed E-state index contributed by atoms with van der Waals surface area (Å²) in [7, 11) is 0. The fourth-order valence-electron chi connectivity index (χ4n) is 1.77. The van der Waals surface area contributed by atoms with Crippen LogP contribution in [0.3, 0.4) is 0 Å². The van der Waals surface area contributed by atoms with Gasteiger partial charge in [-0.25, -0.2) is 0 Å². The van der Waals surface area contributed by atoms with Gasteiger partial charge in [0.1, 0.15) is 0 Å². The summed E-state index contributed by atoms with van der Waals surface area (Å²) in [6.07, 6.45) is 0.630. The number of carbonyl (C=O) groups excluding carboxylic acids is 2. The Morgan fingerprint density at radius 3 is 2.12 bits per heavy atom. The minimum Gasteiger partial charge on any atom is -0.328 e. The molecule has 0 fully saturated rings. The van der Waals surface area contributed by atoms with Gasteiger partial charge in [0, 0.05) is 12.6 Å². The number of hydrogen-bond donors (Lipinski definition) is 1. The molecule has 4 heteroatoms. The van der Waals surface area contributed by atoms with Crippen LogP contribution in [0.1, 0.15) is 34.1 Å². The van der Waals surface area contributed by atoms with E-state index >= 15 is 0 Å². The van der Waals surface area contributed by atoms with Crippen molar-refractivity contribution in [1.29, 1.82) is 0 Å². The molecule has 84 valence electrons. The van der Waals surface area contributed by atoms with Crippen molar-refractivity contribution < 1.29 is 9.59 Å². The van der Waals surface area contributed by atoms with Crippen LogP contribution in [-0.4, -0.2) is 29.3 Å². The minimum atomic E-state index is -0.207. The Balaban J connectivity index is 2.22. The van der Waals surface area contributed by atoms with Gasteiger partial charge in [-0.05, 0) is 25.5 Å². The van der Waals surface area contributed by atoms with Crippen LogP contribution in [0.5, 0.6) is 0 Å². The Kier molecular flexibility index (Phi) is 2.75. The summed E-state index contributed by atoms with van der Waals surface area (Å²) in [5.74, 6) is -0.414. The molecule has 0 spiro atoms. The molecule has 1 aliphatic rings. The van der Waals surface area contributed by atoms with E-state index < -0.39 is 0 Å². The first-order valence-corrected chi connectivity index (χ1v) is 5.32. The van der Waals surface area contributed by atoms with Crippen molar-refractivity contribution in [2.75, 3.05) is 6.54 Å². The lowest BCUT2D eigenvalue weighted by molar-refractivity contribution is 0.0651. The van der Waals surface area contributed by atoms with Crippen molar-refractivity contribution >= 4 is 11.8 Å². The van der Waals surface area contributed by atoms with Crippen LogP contribution in [0.25, 0.3) is 0 Å². The van der Waals surface area contributed by atoms with Crippen molar-refractivity contribution in [2.24, 2.45) is 5.73 Å². The number of imide groups is 1. The maximum absolute atomic E-state index is 11.9. The average Bonchev–Trinajstić information content (AvgIpc) is 2.50. The minimum absolute atomic E-state index is 0.00990. The van der Waals surface area contributed by atoms with Crippen molar-refractivity contribution in [3.8, 4) is 0 Å². The second-order valence-corrected chi connectivity index (χ2v) is 4.07. The lowest BCUT2D eigenvalue weighted by atomic mass is 10.1. The highest BCUT2D eigenvalue weighted by Gasteiger charge is 2.34. The number of fused-ring (bicyclic) bond motifs is 1. The van der Waals surface area contributed by atoms with Crippen molar-refractivity contribution in [1.82, 2.24) is 4.90 Å². The largest absolute Gasteiger partial charge is 0.328 e. The first-order valence-electron chi connectivity index (χ1n) is 5.32. The normalized spacial score (nSPS) is 16.5. The van der Waals surface area contributed by atoms with Crippen LogP contribution < -0.4 is 5.73 Å². The number of amides is 2. The molecule has 0 saturated carbocycles. The van der Waals surface area contributed by atoms with Crippen molar-refractivity contribution in [2.45, 2.75) is 19.4 Å². The molecular weight excluding hydrogens is 204 g/mol.